The summed E-state index contributed by atoms with van der Waals surface area (Å²) in [6.07, 6.45) is 0. The lowest BCUT2D eigenvalue weighted by atomic mass is 10.2. The van der Waals surface area contributed by atoms with Crippen molar-refractivity contribution in [3.05, 3.63) is 63.6 Å². The fraction of sp³-hybridized carbons (Fsp3) is 0.0667. The molecular weight excluding hydrogens is 313 g/mol. The topological polar surface area (TPSA) is 55.4 Å². The van der Waals surface area contributed by atoms with Crippen LogP contribution in [0.2, 0.25) is 10.0 Å². The Morgan fingerprint density at radius 1 is 1.00 bits per heavy atom. The van der Waals surface area contributed by atoms with Gasteiger partial charge in [-0.2, -0.15) is 0 Å². The lowest BCUT2D eigenvalue weighted by molar-refractivity contribution is 0.0600. The van der Waals surface area contributed by atoms with Gasteiger partial charge in [-0.1, -0.05) is 29.3 Å². The third-order valence-electron chi connectivity index (χ3n) is 2.75. The van der Waals surface area contributed by atoms with Crippen molar-refractivity contribution >= 4 is 40.8 Å². The Morgan fingerprint density at radius 3 is 2.10 bits per heavy atom. The zero-order chi connectivity index (χ0) is 15.4. The van der Waals surface area contributed by atoms with E-state index in [1.165, 1.54) is 7.11 Å². The Labute approximate surface area is 131 Å². The molecule has 2 rings (SSSR count). The fourth-order valence-corrected chi connectivity index (χ4v) is 2.28. The lowest BCUT2D eigenvalue weighted by Gasteiger charge is -2.08. The van der Waals surface area contributed by atoms with Crippen molar-refractivity contribution in [3.8, 4) is 0 Å². The van der Waals surface area contributed by atoms with Gasteiger partial charge < -0.3 is 10.1 Å². The minimum Gasteiger partial charge on any atom is -0.465 e. The molecule has 0 aliphatic carbocycles. The third-order valence-corrected chi connectivity index (χ3v) is 3.38. The molecular formula is C15H11Cl2NO3. The molecule has 0 bridgehead atoms. The van der Waals surface area contributed by atoms with Crippen molar-refractivity contribution < 1.29 is 14.3 Å². The van der Waals surface area contributed by atoms with Crippen molar-refractivity contribution in [1.82, 2.24) is 0 Å². The summed E-state index contributed by atoms with van der Waals surface area (Å²) < 4.78 is 4.60. The van der Waals surface area contributed by atoms with Crippen molar-refractivity contribution in [2.24, 2.45) is 0 Å². The fourth-order valence-electron chi connectivity index (χ4n) is 1.72. The molecule has 4 nitrogen and oxygen atoms in total. The standard InChI is InChI=1S/C15H11Cl2NO3/c1-21-15(20)9-5-7-10(8-6-9)18-14(19)13-11(16)3-2-4-12(13)17/h2-8H,1H3,(H,18,19). The molecule has 0 fully saturated rings. The minimum absolute atomic E-state index is 0.206. The van der Waals surface area contributed by atoms with E-state index in [0.29, 0.717) is 11.3 Å². The third kappa shape index (κ3) is 3.54. The second-order valence-electron chi connectivity index (χ2n) is 4.12. The first-order chi connectivity index (χ1) is 10.0. The summed E-state index contributed by atoms with van der Waals surface area (Å²) in [6, 6.07) is 11.1. The average molecular weight is 324 g/mol. The Hall–Kier alpha value is -2.04. The molecule has 6 heteroatoms. The highest BCUT2D eigenvalue weighted by Crippen LogP contribution is 2.25. The van der Waals surface area contributed by atoms with Crippen LogP contribution in [0.5, 0.6) is 0 Å². The van der Waals surface area contributed by atoms with E-state index in [1.54, 1.807) is 42.5 Å². The number of carbonyl (C=O) groups excluding carboxylic acids is 2. The largest absolute Gasteiger partial charge is 0.465 e. The monoisotopic (exact) mass is 323 g/mol. The number of nitrogens with one attached hydrogen (secondary N) is 1. The van der Waals surface area contributed by atoms with Crippen LogP contribution in [-0.2, 0) is 4.74 Å². The van der Waals surface area contributed by atoms with Gasteiger partial charge in [-0.25, -0.2) is 4.79 Å². The van der Waals surface area contributed by atoms with Crippen LogP contribution in [0, 0.1) is 0 Å². The van der Waals surface area contributed by atoms with E-state index in [4.69, 9.17) is 23.2 Å². The van der Waals surface area contributed by atoms with Crippen LogP contribution < -0.4 is 5.32 Å². The Bertz CT molecular complexity index is 664. The average Bonchev–Trinajstić information content (AvgIpc) is 2.47. The predicted molar refractivity (Wildman–Crippen MR) is 82.2 cm³/mol. The van der Waals surface area contributed by atoms with E-state index in [1.807, 2.05) is 0 Å². The number of hydrogen-bond donors (Lipinski definition) is 1. The summed E-state index contributed by atoms with van der Waals surface area (Å²) in [5.41, 5.74) is 1.12. The van der Waals surface area contributed by atoms with Crippen LogP contribution in [0.15, 0.2) is 42.5 Å². The molecule has 1 N–H and O–H groups in total. The molecule has 0 heterocycles. The van der Waals surface area contributed by atoms with E-state index in [-0.39, 0.29) is 15.6 Å². The number of benzene rings is 2. The molecule has 1 amide bonds. The molecule has 2 aromatic carbocycles. The molecule has 0 radical (unpaired) electrons. The zero-order valence-electron chi connectivity index (χ0n) is 11.0. The summed E-state index contributed by atoms with van der Waals surface area (Å²) in [4.78, 5) is 23.5. The molecule has 0 aromatic heterocycles. The number of carbonyl (C=O) groups is 2. The summed E-state index contributed by atoms with van der Waals surface area (Å²) in [5.74, 6) is -0.863. The molecule has 0 atom stereocenters. The second-order valence-corrected chi connectivity index (χ2v) is 4.93. The van der Waals surface area contributed by atoms with Crippen molar-refractivity contribution in [1.29, 1.82) is 0 Å². The molecule has 2 aromatic rings. The van der Waals surface area contributed by atoms with Gasteiger partial charge in [0.15, 0.2) is 0 Å². The van der Waals surface area contributed by atoms with Gasteiger partial charge in [0.05, 0.1) is 28.3 Å². The highest BCUT2D eigenvalue weighted by atomic mass is 35.5. The normalized spacial score (nSPS) is 10.0. The van der Waals surface area contributed by atoms with Crippen LogP contribution in [0.1, 0.15) is 20.7 Å². The molecule has 0 aliphatic heterocycles. The van der Waals surface area contributed by atoms with Gasteiger partial charge in [0.1, 0.15) is 0 Å². The summed E-state index contributed by atoms with van der Waals surface area (Å²) in [6.45, 7) is 0. The molecule has 21 heavy (non-hydrogen) atoms. The van der Waals surface area contributed by atoms with Gasteiger partial charge in [-0.15, -0.1) is 0 Å². The first-order valence-corrected chi connectivity index (χ1v) is 6.72. The maximum absolute atomic E-state index is 12.2. The first-order valence-electron chi connectivity index (χ1n) is 5.96. The highest BCUT2D eigenvalue weighted by molar-refractivity contribution is 6.40. The van der Waals surface area contributed by atoms with Gasteiger partial charge in [0, 0.05) is 5.69 Å². The maximum atomic E-state index is 12.2. The van der Waals surface area contributed by atoms with Crippen LogP contribution in [0.4, 0.5) is 5.69 Å². The van der Waals surface area contributed by atoms with E-state index < -0.39 is 11.9 Å². The van der Waals surface area contributed by atoms with Crippen molar-refractivity contribution in [3.63, 3.8) is 0 Å². The van der Waals surface area contributed by atoms with Gasteiger partial charge in [0.2, 0.25) is 0 Å². The maximum Gasteiger partial charge on any atom is 0.337 e. The zero-order valence-corrected chi connectivity index (χ0v) is 12.5. The number of halogens is 2. The molecule has 0 saturated carbocycles. The quantitative estimate of drug-likeness (QED) is 0.867. The second kappa shape index (κ2) is 6.61. The van der Waals surface area contributed by atoms with Gasteiger partial charge in [-0.3, -0.25) is 4.79 Å². The lowest BCUT2D eigenvalue weighted by Crippen LogP contribution is -2.13. The van der Waals surface area contributed by atoms with Gasteiger partial charge in [0.25, 0.3) is 5.91 Å². The van der Waals surface area contributed by atoms with Crippen LogP contribution in [0.3, 0.4) is 0 Å². The van der Waals surface area contributed by atoms with E-state index in [9.17, 15) is 9.59 Å². The molecule has 0 spiro atoms. The van der Waals surface area contributed by atoms with Crippen LogP contribution in [0.25, 0.3) is 0 Å². The summed E-state index contributed by atoms with van der Waals surface area (Å²) in [7, 11) is 1.30. The summed E-state index contributed by atoms with van der Waals surface area (Å²) >= 11 is 11.9. The van der Waals surface area contributed by atoms with Crippen LogP contribution >= 0.6 is 23.2 Å². The predicted octanol–water partition coefficient (Wildman–Crippen LogP) is 4.03. The number of amides is 1. The van der Waals surface area contributed by atoms with Crippen LogP contribution in [-0.4, -0.2) is 19.0 Å². The molecule has 0 unspecified atom stereocenters. The number of anilines is 1. The van der Waals surface area contributed by atoms with Crippen molar-refractivity contribution in [2.75, 3.05) is 12.4 Å². The molecule has 0 saturated heterocycles. The van der Waals surface area contributed by atoms with Crippen molar-refractivity contribution in [2.45, 2.75) is 0 Å². The number of methoxy groups -OCH3 is 1. The van der Waals surface area contributed by atoms with E-state index in [2.05, 4.69) is 10.1 Å². The minimum atomic E-state index is -0.443. The van der Waals surface area contributed by atoms with E-state index >= 15 is 0 Å². The first kappa shape index (κ1) is 15.4. The Balaban J connectivity index is 2.18. The number of esters is 1. The SMILES string of the molecule is COC(=O)c1ccc(NC(=O)c2c(Cl)cccc2Cl)cc1. The molecule has 0 aliphatic rings. The van der Waals surface area contributed by atoms with E-state index in [0.717, 1.165) is 0 Å². The number of rotatable bonds is 3. The highest BCUT2D eigenvalue weighted by Gasteiger charge is 2.14. The Kier molecular flexibility index (Phi) is 4.83. The smallest absolute Gasteiger partial charge is 0.337 e. The summed E-state index contributed by atoms with van der Waals surface area (Å²) in [5, 5.41) is 3.20. The number of hydrogen-bond acceptors (Lipinski definition) is 3. The molecule has 108 valence electrons. The van der Waals surface area contributed by atoms with Gasteiger partial charge >= 0.3 is 5.97 Å². The Morgan fingerprint density at radius 2 is 1.57 bits per heavy atom. The number of ether oxygens (including phenoxy) is 1. The van der Waals surface area contributed by atoms with Gasteiger partial charge in [-0.05, 0) is 36.4 Å².